The molecule has 0 unspecified atom stereocenters. The van der Waals surface area contributed by atoms with Gasteiger partial charge in [-0.3, -0.25) is 14.9 Å². The van der Waals surface area contributed by atoms with Crippen molar-refractivity contribution >= 4 is 28.8 Å². The van der Waals surface area contributed by atoms with E-state index in [0.29, 0.717) is 31.0 Å². The molecular formula is C24H26N6O5. The fourth-order valence-corrected chi connectivity index (χ4v) is 3.83. The maximum atomic E-state index is 12.1. The molecule has 2 aromatic carbocycles. The molecule has 0 radical (unpaired) electrons. The largest absolute Gasteiger partial charge is 0.437 e. The molecule has 35 heavy (non-hydrogen) atoms. The molecule has 0 aliphatic carbocycles. The summed E-state index contributed by atoms with van der Waals surface area (Å²) in [6, 6.07) is 11.6. The first-order valence-electron chi connectivity index (χ1n) is 11.2. The van der Waals surface area contributed by atoms with E-state index in [2.05, 4.69) is 20.2 Å². The van der Waals surface area contributed by atoms with Crippen molar-refractivity contribution in [3.63, 3.8) is 0 Å². The number of benzene rings is 2. The summed E-state index contributed by atoms with van der Waals surface area (Å²) >= 11 is 0. The van der Waals surface area contributed by atoms with Gasteiger partial charge in [-0.1, -0.05) is 13.0 Å². The third-order valence-electron chi connectivity index (χ3n) is 5.55. The highest BCUT2D eigenvalue weighted by Crippen LogP contribution is 2.31. The molecular weight excluding hydrogens is 452 g/mol. The van der Waals surface area contributed by atoms with E-state index >= 15 is 0 Å². The first kappa shape index (κ1) is 23.9. The average Bonchev–Trinajstić information content (AvgIpc) is 2.85. The molecule has 0 spiro atoms. The number of nitrogens with two attached hydrogens (primary N) is 1. The van der Waals surface area contributed by atoms with Crippen LogP contribution in [0.1, 0.15) is 28.7 Å². The van der Waals surface area contributed by atoms with Crippen LogP contribution in [0.4, 0.5) is 22.9 Å². The predicted octanol–water partition coefficient (Wildman–Crippen LogP) is 3.73. The number of aryl methyl sites for hydroxylation is 2. The first-order chi connectivity index (χ1) is 16.9. The van der Waals surface area contributed by atoms with Crippen LogP contribution in [-0.2, 0) is 11.2 Å². The summed E-state index contributed by atoms with van der Waals surface area (Å²) in [4.78, 5) is 33.9. The maximum absolute atomic E-state index is 12.1. The number of nitro benzene ring substituents is 1. The van der Waals surface area contributed by atoms with Crippen LogP contribution in [0.25, 0.3) is 0 Å². The van der Waals surface area contributed by atoms with E-state index in [1.165, 1.54) is 18.2 Å². The molecule has 182 valence electrons. The van der Waals surface area contributed by atoms with Gasteiger partial charge in [-0.05, 0) is 43.2 Å². The Morgan fingerprint density at radius 1 is 1.23 bits per heavy atom. The van der Waals surface area contributed by atoms with E-state index in [0.717, 1.165) is 24.3 Å². The topological polar surface area (TPSA) is 146 Å². The lowest BCUT2D eigenvalue weighted by Gasteiger charge is -2.30. The zero-order valence-corrected chi connectivity index (χ0v) is 19.5. The summed E-state index contributed by atoms with van der Waals surface area (Å²) < 4.78 is 11.3. The number of primary amides is 1. The van der Waals surface area contributed by atoms with Crippen LogP contribution in [0.15, 0.2) is 42.5 Å². The smallest absolute Gasteiger partial charge is 0.273 e. The van der Waals surface area contributed by atoms with Gasteiger partial charge in [-0.15, -0.1) is 0 Å². The number of carbonyl (C=O) groups excluding carboxylic acids is 1. The molecule has 11 nitrogen and oxygen atoms in total. The van der Waals surface area contributed by atoms with Crippen LogP contribution in [-0.4, -0.2) is 47.1 Å². The molecule has 3 N–H and O–H groups in total. The summed E-state index contributed by atoms with van der Waals surface area (Å²) in [5.41, 5.74) is 8.69. The maximum Gasteiger partial charge on any atom is 0.273 e. The minimum atomic E-state index is -0.738. The Morgan fingerprint density at radius 2 is 2.00 bits per heavy atom. The van der Waals surface area contributed by atoms with Gasteiger partial charge in [0.25, 0.3) is 11.6 Å². The molecule has 0 bridgehead atoms. The second-order valence-corrected chi connectivity index (χ2v) is 7.97. The number of nitrogens with zero attached hydrogens (tertiary/aromatic N) is 4. The zero-order valence-electron chi connectivity index (χ0n) is 19.5. The van der Waals surface area contributed by atoms with E-state index in [4.69, 9.17) is 15.2 Å². The number of nitrogens with one attached hydrogen (secondary N) is 1. The van der Waals surface area contributed by atoms with Gasteiger partial charge < -0.3 is 25.4 Å². The number of non-ortho nitro benzene ring substituents is 1. The van der Waals surface area contributed by atoms with Crippen molar-refractivity contribution in [2.45, 2.75) is 20.3 Å². The van der Waals surface area contributed by atoms with Gasteiger partial charge in [0.1, 0.15) is 11.4 Å². The van der Waals surface area contributed by atoms with Crippen LogP contribution < -0.4 is 20.7 Å². The Hall–Kier alpha value is -4.25. The van der Waals surface area contributed by atoms with Crippen molar-refractivity contribution in [3.05, 3.63) is 69.5 Å². The van der Waals surface area contributed by atoms with Crippen molar-refractivity contribution in [2.75, 3.05) is 36.5 Å². The molecule has 2 heterocycles. The molecule has 1 fully saturated rings. The molecule has 0 atom stereocenters. The fraction of sp³-hybridized carbons (Fsp3) is 0.292. The van der Waals surface area contributed by atoms with E-state index in [9.17, 15) is 14.9 Å². The van der Waals surface area contributed by atoms with Crippen LogP contribution in [0.2, 0.25) is 0 Å². The van der Waals surface area contributed by atoms with Gasteiger partial charge >= 0.3 is 0 Å². The standard InChI is InChI=1S/C24H26N6O5/c1-3-19-24(35-18-6-4-5-17(14-18)30(32)33)28-23(21(27-19)22(25)31)26-16-7-8-20(15(2)13-16)29-9-11-34-12-10-29/h4-8,13-14H,3,9-12H2,1-2H3,(H2,25,31)(H,26,28). The van der Waals surface area contributed by atoms with Gasteiger partial charge in [-0.2, -0.15) is 4.98 Å². The molecule has 1 aromatic heterocycles. The highest BCUT2D eigenvalue weighted by atomic mass is 16.6. The number of amides is 1. The molecule has 1 amide bonds. The second-order valence-electron chi connectivity index (χ2n) is 7.97. The summed E-state index contributed by atoms with van der Waals surface area (Å²) in [5.74, 6) is -0.249. The van der Waals surface area contributed by atoms with Crippen LogP contribution in [0.5, 0.6) is 11.6 Å². The summed E-state index contributed by atoms with van der Waals surface area (Å²) in [5, 5.41) is 14.2. The summed E-state index contributed by atoms with van der Waals surface area (Å²) in [6.07, 6.45) is 0.408. The minimum absolute atomic E-state index is 0.0249. The van der Waals surface area contributed by atoms with Crippen molar-refractivity contribution in [2.24, 2.45) is 5.73 Å². The van der Waals surface area contributed by atoms with Crippen molar-refractivity contribution in [3.8, 4) is 11.6 Å². The van der Waals surface area contributed by atoms with Crippen LogP contribution in [0, 0.1) is 17.0 Å². The molecule has 0 saturated carbocycles. The summed E-state index contributed by atoms with van der Waals surface area (Å²) in [6.45, 7) is 6.86. The van der Waals surface area contributed by atoms with Crippen molar-refractivity contribution in [1.29, 1.82) is 0 Å². The quantitative estimate of drug-likeness (QED) is 0.365. The predicted molar refractivity (Wildman–Crippen MR) is 131 cm³/mol. The Balaban J connectivity index is 1.66. The zero-order chi connectivity index (χ0) is 24.9. The molecule has 1 aliphatic heterocycles. The monoisotopic (exact) mass is 478 g/mol. The number of ether oxygens (including phenoxy) is 2. The van der Waals surface area contributed by atoms with Crippen molar-refractivity contribution < 1.29 is 19.2 Å². The molecule has 4 rings (SSSR count). The number of aromatic nitrogens is 2. The molecule has 3 aromatic rings. The van der Waals surface area contributed by atoms with Crippen LogP contribution >= 0.6 is 0 Å². The van der Waals surface area contributed by atoms with Gasteiger partial charge in [0, 0.05) is 30.5 Å². The third kappa shape index (κ3) is 5.46. The minimum Gasteiger partial charge on any atom is -0.437 e. The third-order valence-corrected chi connectivity index (χ3v) is 5.55. The average molecular weight is 479 g/mol. The Morgan fingerprint density at radius 3 is 2.66 bits per heavy atom. The fourth-order valence-electron chi connectivity index (χ4n) is 3.83. The highest BCUT2D eigenvalue weighted by molar-refractivity contribution is 5.96. The number of anilines is 3. The van der Waals surface area contributed by atoms with E-state index in [-0.39, 0.29) is 28.8 Å². The van der Waals surface area contributed by atoms with Crippen molar-refractivity contribution in [1.82, 2.24) is 9.97 Å². The molecule has 11 heteroatoms. The van der Waals surface area contributed by atoms with Gasteiger partial charge in [-0.25, -0.2) is 4.98 Å². The Kier molecular flexibility index (Phi) is 7.06. The number of nitro groups is 1. The SMILES string of the molecule is CCc1nc(C(N)=O)c(Nc2ccc(N3CCOCC3)c(C)c2)nc1Oc1cccc([N+](=O)[O-])c1. The Labute approximate surface area is 202 Å². The number of rotatable bonds is 8. The molecule has 1 saturated heterocycles. The van der Waals surface area contributed by atoms with Crippen LogP contribution in [0.3, 0.4) is 0 Å². The highest BCUT2D eigenvalue weighted by Gasteiger charge is 2.20. The van der Waals surface area contributed by atoms with Gasteiger partial charge in [0.15, 0.2) is 11.5 Å². The molecule has 1 aliphatic rings. The van der Waals surface area contributed by atoms with E-state index in [1.807, 2.05) is 32.0 Å². The first-order valence-corrected chi connectivity index (χ1v) is 11.2. The second kappa shape index (κ2) is 10.3. The number of hydrogen-bond acceptors (Lipinski definition) is 9. The number of hydrogen-bond donors (Lipinski definition) is 2. The lowest BCUT2D eigenvalue weighted by molar-refractivity contribution is -0.384. The lowest BCUT2D eigenvalue weighted by atomic mass is 10.1. The van der Waals surface area contributed by atoms with E-state index < -0.39 is 10.8 Å². The Bertz CT molecular complexity index is 1260. The number of carbonyl (C=O) groups is 1. The number of morpholine rings is 1. The van der Waals surface area contributed by atoms with E-state index in [1.54, 1.807) is 6.07 Å². The normalized spacial score (nSPS) is 13.4. The van der Waals surface area contributed by atoms with Gasteiger partial charge in [0.2, 0.25) is 5.88 Å². The van der Waals surface area contributed by atoms with Gasteiger partial charge in [0.05, 0.1) is 24.2 Å². The lowest BCUT2D eigenvalue weighted by Crippen LogP contribution is -2.36. The summed E-state index contributed by atoms with van der Waals surface area (Å²) in [7, 11) is 0.